The highest BCUT2D eigenvalue weighted by Gasteiger charge is 2.09. The second-order valence-electron chi connectivity index (χ2n) is 3.14. The molecule has 0 fully saturated rings. The molecule has 0 aliphatic carbocycles. The van der Waals surface area contributed by atoms with Crippen LogP contribution in [0.15, 0.2) is 22.8 Å². The van der Waals surface area contributed by atoms with Crippen molar-refractivity contribution in [2.24, 2.45) is 5.73 Å². The van der Waals surface area contributed by atoms with Crippen LogP contribution in [-0.4, -0.2) is 18.5 Å². The van der Waals surface area contributed by atoms with Gasteiger partial charge in [0.1, 0.15) is 5.76 Å². The van der Waals surface area contributed by atoms with Gasteiger partial charge in [-0.3, -0.25) is 4.79 Å². The van der Waals surface area contributed by atoms with E-state index in [1.807, 2.05) is 19.1 Å². The van der Waals surface area contributed by atoms with E-state index in [1.165, 1.54) is 0 Å². The maximum Gasteiger partial charge on any atom is 0.236 e. The molecule has 0 spiro atoms. The Labute approximate surface area is 83.5 Å². The lowest BCUT2D eigenvalue weighted by molar-refractivity contribution is -0.122. The summed E-state index contributed by atoms with van der Waals surface area (Å²) in [6, 6.07) is 3.31. The molecule has 3 N–H and O–H groups in total. The average molecular weight is 196 g/mol. The molecule has 0 saturated carbocycles. The van der Waals surface area contributed by atoms with E-state index >= 15 is 0 Å². The number of nitrogens with one attached hydrogen (secondary N) is 1. The molecular formula is C10H16N2O2. The van der Waals surface area contributed by atoms with E-state index in [-0.39, 0.29) is 5.91 Å². The second-order valence-corrected chi connectivity index (χ2v) is 3.14. The molecule has 0 aromatic carbocycles. The number of furan rings is 1. The summed E-state index contributed by atoms with van der Waals surface area (Å²) in [7, 11) is 0. The highest BCUT2D eigenvalue weighted by molar-refractivity contribution is 5.81. The third-order valence-corrected chi connectivity index (χ3v) is 2.03. The smallest absolute Gasteiger partial charge is 0.236 e. The van der Waals surface area contributed by atoms with Crippen molar-refractivity contribution in [1.82, 2.24) is 5.32 Å². The van der Waals surface area contributed by atoms with Gasteiger partial charge >= 0.3 is 0 Å². The first-order valence-corrected chi connectivity index (χ1v) is 4.79. The van der Waals surface area contributed by atoms with E-state index in [9.17, 15) is 4.79 Å². The molecule has 0 bridgehead atoms. The number of amides is 1. The molecule has 4 heteroatoms. The molecule has 1 aromatic rings. The topological polar surface area (TPSA) is 68.3 Å². The molecule has 0 radical (unpaired) electrons. The van der Waals surface area contributed by atoms with Gasteiger partial charge in [0.05, 0.1) is 12.3 Å². The van der Waals surface area contributed by atoms with E-state index in [2.05, 4.69) is 5.32 Å². The Morgan fingerprint density at radius 3 is 3.07 bits per heavy atom. The summed E-state index contributed by atoms with van der Waals surface area (Å²) in [5, 5.41) is 2.75. The third-order valence-electron chi connectivity index (χ3n) is 2.03. The average Bonchev–Trinajstić information content (AvgIpc) is 2.69. The number of hydrogen-bond donors (Lipinski definition) is 2. The minimum atomic E-state index is -0.397. The minimum Gasteiger partial charge on any atom is -0.469 e. The molecule has 0 unspecified atom stereocenters. The summed E-state index contributed by atoms with van der Waals surface area (Å²) in [5.74, 6) is 0.773. The van der Waals surface area contributed by atoms with Gasteiger partial charge < -0.3 is 15.5 Å². The zero-order valence-corrected chi connectivity index (χ0v) is 8.32. The number of carbonyl (C=O) groups excluding carboxylic acids is 1. The molecule has 1 rings (SSSR count). The largest absolute Gasteiger partial charge is 0.469 e. The van der Waals surface area contributed by atoms with Gasteiger partial charge in [-0.2, -0.15) is 0 Å². The standard InChI is InChI=1S/C10H16N2O2/c1-2-9(11)10(13)12-6-5-8-4-3-7-14-8/h3-4,7,9H,2,5-6,11H2,1H3,(H,12,13)/t9-/m0/s1. The number of hydrogen-bond acceptors (Lipinski definition) is 3. The zero-order valence-electron chi connectivity index (χ0n) is 8.32. The van der Waals surface area contributed by atoms with Crippen molar-refractivity contribution in [2.45, 2.75) is 25.8 Å². The Morgan fingerprint density at radius 2 is 2.50 bits per heavy atom. The van der Waals surface area contributed by atoms with E-state index in [1.54, 1.807) is 6.26 Å². The quantitative estimate of drug-likeness (QED) is 0.727. The minimum absolute atomic E-state index is 0.0981. The van der Waals surface area contributed by atoms with Crippen molar-refractivity contribution >= 4 is 5.91 Å². The lowest BCUT2D eigenvalue weighted by Gasteiger charge is -2.08. The molecule has 1 atom stereocenters. The molecule has 14 heavy (non-hydrogen) atoms. The first-order chi connectivity index (χ1) is 6.74. The van der Waals surface area contributed by atoms with Gasteiger partial charge in [0.25, 0.3) is 0 Å². The van der Waals surface area contributed by atoms with Crippen LogP contribution < -0.4 is 11.1 Å². The van der Waals surface area contributed by atoms with Crippen LogP contribution in [0.25, 0.3) is 0 Å². The molecule has 1 heterocycles. The molecule has 78 valence electrons. The van der Waals surface area contributed by atoms with Crippen LogP contribution in [0.2, 0.25) is 0 Å². The highest BCUT2D eigenvalue weighted by Crippen LogP contribution is 1.99. The molecule has 1 aromatic heterocycles. The van der Waals surface area contributed by atoms with E-state index in [4.69, 9.17) is 10.2 Å². The summed E-state index contributed by atoms with van der Waals surface area (Å²) >= 11 is 0. The second kappa shape index (κ2) is 5.44. The lowest BCUT2D eigenvalue weighted by atomic mass is 10.2. The predicted molar refractivity (Wildman–Crippen MR) is 53.7 cm³/mol. The Balaban J connectivity index is 2.18. The number of nitrogens with two attached hydrogens (primary N) is 1. The van der Waals surface area contributed by atoms with Crippen LogP contribution in [0.3, 0.4) is 0 Å². The van der Waals surface area contributed by atoms with Crippen LogP contribution in [-0.2, 0) is 11.2 Å². The SMILES string of the molecule is CC[C@H](N)C(=O)NCCc1ccco1. The molecule has 4 nitrogen and oxygen atoms in total. The molecule has 1 amide bonds. The highest BCUT2D eigenvalue weighted by atomic mass is 16.3. The monoisotopic (exact) mass is 196 g/mol. The first-order valence-electron chi connectivity index (χ1n) is 4.79. The van der Waals surface area contributed by atoms with Gasteiger partial charge in [0.2, 0.25) is 5.91 Å². The maximum absolute atomic E-state index is 11.2. The zero-order chi connectivity index (χ0) is 10.4. The Bertz CT molecular complexity index is 270. The van der Waals surface area contributed by atoms with Crippen molar-refractivity contribution in [3.05, 3.63) is 24.2 Å². The lowest BCUT2D eigenvalue weighted by Crippen LogP contribution is -2.40. The fourth-order valence-electron chi connectivity index (χ4n) is 1.08. The van der Waals surface area contributed by atoms with Crippen LogP contribution >= 0.6 is 0 Å². The van der Waals surface area contributed by atoms with E-state index in [0.717, 1.165) is 5.76 Å². The van der Waals surface area contributed by atoms with Crippen molar-refractivity contribution in [1.29, 1.82) is 0 Å². The normalized spacial score (nSPS) is 12.4. The van der Waals surface area contributed by atoms with Crippen LogP contribution in [0.5, 0.6) is 0 Å². The van der Waals surface area contributed by atoms with Crippen molar-refractivity contribution < 1.29 is 9.21 Å². The van der Waals surface area contributed by atoms with Crippen molar-refractivity contribution in [3.63, 3.8) is 0 Å². The Morgan fingerprint density at radius 1 is 1.71 bits per heavy atom. The summed E-state index contributed by atoms with van der Waals surface area (Å²) in [4.78, 5) is 11.2. The van der Waals surface area contributed by atoms with Crippen LogP contribution in [0, 0.1) is 0 Å². The van der Waals surface area contributed by atoms with Gasteiger partial charge in [-0.15, -0.1) is 0 Å². The van der Waals surface area contributed by atoms with E-state index in [0.29, 0.717) is 19.4 Å². The predicted octanol–water partition coefficient (Wildman–Crippen LogP) is 0.676. The third kappa shape index (κ3) is 3.22. The molecular weight excluding hydrogens is 180 g/mol. The van der Waals surface area contributed by atoms with Crippen LogP contribution in [0.4, 0.5) is 0 Å². The van der Waals surface area contributed by atoms with Crippen molar-refractivity contribution in [3.8, 4) is 0 Å². The van der Waals surface area contributed by atoms with Gasteiger partial charge in [0.15, 0.2) is 0 Å². The first kappa shape index (κ1) is 10.8. The fourth-order valence-corrected chi connectivity index (χ4v) is 1.08. The number of carbonyl (C=O) groups is 1. The molecule has 0 aliphatic heterocycles. The molecule has 0 saturated heterocycles. The fraction of sp³-hybridized carbons (Fsp3) is 0.500. The van der Waals surface area contributed by atoms with Gasteiger partial charge in [0, 0.05) is 13.0 Å². The summed E-state index contributed by atoms with van der Waals surface area (Å²) in [6.07, 6.45) is 2.98. The summed E-state index contributed by atoms with van der Waals surface area (Å²) < 4.78 is 5.12. The van der Waals surface area contributed by atoms with E-state index < -0.39 is 6.04 Å². The van der Waals surface area contributed by atoms with Crippen LogP contribution in [0.1, 0.15) is 19.1 Å². The Hall–Kier alpha value is -1.29. The maximum atomic E-state index is 11.2. The number of rotatable bonds is 5. The van der Waals surface area contributed by atoms with Crippen molar-refractivity contribution in [2.75, 3.05) is 6.54 Å². The van der Waals surface area contributed by atoms with Gasteiger partial charge in [-0.25, -0.2) is 0 Å². The Kier molecular flexibility index (Phi) is 4.19. The summed E-state index contributed by atoms with van der Waals surface area (Å²) in [6.45, 7) is 2.46. The summed E-state index contributed by atoms with van der Waals surface area (Å²) in [5.41, 5.74) is 5.54. The van der Waals surface area contributed by atoms with Gasteiger partial charge in [-0.05, 0) is 18.6 Å². The molecule has 0 aliphatic rings. The van der Waals surface area contributed by atoms with Gasteiger partial charge in [-0.1, -0.05) is 6.92 Å².